The summed E-state index contributed by atoms with van der Waals surface area (Å²) in [6, 6.07) is 9.33. The molecule has 0 amide bonds. The number of rotatable bonds is 0. The molecule has 74 valence electrons. The monoisotopic (exact) mass is 216 g/mol. The van der Waals surface area contributed by atoms with Crippen LogP contribution < -0.4 is 0 Å². The highest BCUT2D eigenvalue weighted by atomic mass is 14.5. The third-order valence-electron chi connectivity index (χ3n) is 2.28. The molecular formula is C11N6. The Morgan fingerprint density at radius 3 is 1.12 bits per heavy atom. The van der Waals surface area contributed by atoms with Crippen LogP contribution in [0.25, 0.3) is 0 Å². The third-order valence-corrected chi connectivity index (χ3v) is 2.28. The second-order valence-corrected chi connectivity index (χ2v) is 2.92. The van der Waals surface area contributed by atoms with Crippen molar-refractivity contribution >= 4 is 0 Å². The van der Waals surface area contributed by atoms with Crippen molar-refractivity contribution in [3.05, 3.63) is 22.3 Å². The van der Waals surface area contributed by atoms with Gasteiger partial charge in [0.05, 0.1) is 46.6 Å². The first-order chi connectivity index (χ1) is 8.16. The molecule has 0 N–H and O–H groups in total. The van der Waals surface area contributed by atoms with Gasteiger partial charge in [-0.25, -0.2) is 0 Å². The maximum Gasteiger partial charge on any atom is 0.215 e. The number of hydrogen-bond donors (Lipinski definition) is 0. The lowest BCUT2D eigenvalue weighted by Crippen LogP contribution is -2.18. The molecule has 0 saturated heterocycles. The molecule has 1 aliphatic rings. The summed E-state index contributed by atoms with van der Waals surface area (Å²) in [4.78, 5) is 0. The zero-order valence-corrected chi connectivity index (χ0v) is 8.18. The van der Waals surface area contributed by atoms with E-state index >= 15 is 0 Å². The van der Waals surface area contributed by atoms with Gasteiger partial charge in [-0.1, -0.05) is 0 Å². The zero-order valence-electron chi connectivity index (χ0n) is 8.18. The minimum Gasteiger partial charge on any atom is -0.196 e. The SMILES string of the molecule is N#CC1=C(C#N)C(C#N)(C#N)C(C#N)=C1C#N. The van der Waals surface area contributed by atoms with E-state index in [1.165, 1.54) is 12.1 Å². The van der Waals surface area contributed by atoms with E-state index in [1.807, 2.05) is 0 Å². The molecule has 1 rings (SSSR count). The fourth-order valence-electron chi connectivity index (χ4n) is 1.50. The van der Waals surface area contributed by atoms with Gasteiger partial charge >= 0.3 is 0 Å². The highest BCUT2D eigenvalue weighted by Gasteiger charge is 2.50. The average Bonchev–Trinajstić information content (AvgIpc) is 2.66. The predicted octanol–water partition coefficient (Wildman–Crippen LogP) is 0.721. The summed E-state index contributed by atoms with van der Waals surface area (Å²) in [5, 5.41) is 53.4. The normalized spacial score (nSPS) is 15.9. The van der Waals surface area contributed by atoms with Crippen molar-refractivity contribution in [3.63, 3.8) is 0 Å². The number of hydrogen-bond acceptors (Lipinski definition) is 6. The Kier molecular flexibility index (Phi) is 2.63. The summed E-state index contributed by atoms with van der Waals surface area (Å²) in [6.45, 7) is 0. The fourth-order valence-corrected chi connectivity index (χ4v) is 1.50. The van der Waals surface area contributed by atoms with Gasteiger partial charge in [0.2, 0.25) is 5.41 Å². The van der Waals surface area contributed by atoms with E-state index < -0.39 is 16.6 Å². The summed E-state index contributed by atoms with van der Waals surface area (Å²) in [5.74, 6) is 0. The van der Waals surface area contributed by atoms with Crippen LogP contribution in [-0.2, 0) is 0 Å². The first-order valence-corrected chi connectivity index (χ1v) is 4.09. The maximum atomic E-state index is 8.98. The quantitative estimate of drug-likeness (QED) is 0.583. The van der Waals surface area contributed by atoms with Crippen molar-refractivity contribution in [1.82, 2.24) is 0 Å². The minimum absolute atomic E-state index is 0.380. The van der Waals surface area contributed by atoms with E-state index in [0.29, 0.717) is 0 Å². The Balaban J connectivity index is 3.93. The van der Waals surface area contributed by atoms with Crippen molar-refractivity contribution in [3.8, 4) is 36.4 Å². The molecule has 0 radical (unpaired) electrons. The van der Waals surface area contributed by atoms with Gasteiger partial charge in [-0.3, -0.25) is 0 Å². The van der Waals surface area contributed by atoms with Gasteiger partial charge in [0, 0.05) is 0 Å². The van der Waals surface area contributed by atoms with Gasteiger partial charge in [0.15, 0.2) is 0 Å². The van der Waals surface area contributed by atoms with E-state index in [1.54, 1.807) is 24.3 Å². The number of nitrogens with zero attached hydrogens (tertiary/aromatic N) is 6. The van der Waals surface area contributed by atoms with Gasteiger partial charge in [-0.2, -0.15) is 31.6 Å². The molecule has 0 bridgehead atoms. The van der Waals surface area contributed by atoms with Gasteiger partial charge in [0.1, 0.15) is 12.1 Å². The van der Waals surface area contributed by atoms with Crippen LogP contribution in [0.5, 0.6) is 0 Å². The molecule has 0 unspecified atom stereocenters. The highest BCUT2D eigenvalue weighted by molar-refractivity contribution is 5.75. The molecule has 0 saturated carbocycles. The van der Waals surface area contributed by atoms with Gasteiger partial charge in [-0.05, 0) is 0 Å². The third kappa shape index (κ3) is 1.14. The van der Waals surface area contributed by atoms with Crippen LogP contribution >= 0.6 is 0 Å². The Hall–Kier alpha value is -3.58. The van der Waals surface area contributed by atoms with E-state index in [4.69, 9.17) is 31.6 Å². The fraction of sp³-hybridized carbons (Fsp3) is 0.0909. The van der Waals surface area contributed by atoms with Gasteiger partial charge < -0.3 is 0 Å². The van der Waals surface area contributed by atoms with Crippen LogP contribution in [-0.4, -0.2) is 0 Å². The van der Waals surface area contributed by atoms with Crippen molar-refractivity contribution in [1.29, 1.82) is 31.6 Å². The van der Waals surface area contributed by atoms with E-state index in [0.717, 1.165) is 0 Å². The number of nitriles is 6. The molecule has 1 aliphatic carbocycles. The molecule has 0 spiro atoms. The molecule has 0 atom stereocenters. The number of allylic oxidation sites excluding steroid dienone is 4. The molecule has 0 aromatic carbocycles. The maximum absolute atomic E-state index is 8.98. The summed E-state index contributed by atoms with van der Waals surface area (Å²) >= 11 is 0. The Morgan fingerprint density at radius 1 is 0.588 bits per heavy atom. The van der Waals surface area contributed by atoms with Crippen LogP contribution in [0.2, 0.25) is 0 Å². The van der Waals surface area contributed by atoms with Crippen LogP contribution in [0.3, 0.4) is 0 Å². The lowest BCUT2D eigenvalue weighted by molar-refractivity contribution is 0.796. The summed E-state index contributed by atoms with van der Waals surface area (Å²) in [5.41, 5.74) is -3.82. The molecule has 6 heteroatoms. The minimum atomic E-state index is -2.14. The van der Waals surface area contributed by atoms with Crippen LogP contribution in [0.1, 0.15) is 0 Å². The Morgan fingerprint density at radius 2 is 0.941 bits per heavy atom. The molecule has 0 heterocycles. The van der Waals surface area contributed by atoms with E-state index in [-0.39, 0.29) is 11.1 Å². The summed E-state index contributed by atoms with van der Waals surface area (Å²) in [7, 11) is 0. The average molecular weight is 216 g/mol. The van der Waals surface area contributed by atoms with E-state index in [9.17, 15) is 0 Å². The molecule has 6 nitrogen and oxygen atoms in total. The second kappa shape index (κ2) is 3.88. The van der Waals surface area contributed by atoms with Crippen molar-refractivity contribution in [2.24, 2.45) is 5.41 Å². The van der Waals surface area contributed by atoms with Crippen LogP contribution in [0, 0.1) is 73.4 Å². The molecule has 17 heavy (non-hydrogen) atoms. The van der Waals surface area contributed by atoms with Crippen molar-refractivity contribution in [2.45, 2.75) is 0 Å². The van der Waals surface area contributed by atoms with Crippen molar-refractivity contribution < 1.29 is 0 Å². The molecular weight excluding hydrogens is 216 g/mol. The zero-order chi connectivity index (χ0) is 13.1. The molecule has 0 aromatic heterocycles. The lowest BCUT2D eigenvalue weighted by atomic mass is 9.80. The second-order valence-electron chi connectivity index (χ2n) is 2.92. The molecule has 0 aliphatic heterocycles. The Bertz CT molecular complexity index is 645. The first kappa shape index (κ1) is 11.5. The Labute approximate surface area is 96.4 Å². The molecule has 0 fully saturated rings. The van der Waals surface area contributed by atoms with Crippen LogP contribution in [0.4, 0.5) is 0 Å². The highest BCUT2D eigenvalue weighted by Crippen LogP contribution is 2.45. The largest absolute Gasteiger partial charge is 0.215 e. The first-order valence-electron chi connectivity index (χ1n) is 4.09. The van der Waals surface area contributed by atoms with Crippen LogP contribution in [0.15, 0.2) is 22.3 Å². The van der Waals surface area contributed by atoms with Gasteiger partial charge in [-0.15, -0.1) is 0 Å². The standard InChI is InChI=1S/C11N6/c12-1-7-8(2-13)10(4-15)11(5-16,6-17)9(7)3-14. The van der Waals surface area contributed by atoms with Crippen molar-refractivity contribution in [2.75, 3.05) is 0 Å². The summed E-state index contributed by atoms with van der Waals surface area (Å²) in [6.07, 6.45) is 0. The predicted molar refractivity (Wildman–Crippen MR) is 50.2 cm³/mol. The lowest BCUT2D eigenvalue weighted by Gasteiger charge is -2.10. The van der Waals surface area contributed by atoms with Gasteiger partial charge in [0.25, 0.3) is 0 Å². The topological polar surface area (TPSA) is 143 Å². The van der Waals surface area contributed by atoms with E-state index in [2.05, 4.69) is 0 Å². The smallest absolute Gasteiger partial charge is 0.196 e. The molecule has 0 aromatic rings. The summed E-state index contributed by atoms with van der Waals surface area (Å²) < 4.78 is 0.